The minimum atomic E-state index is -0.226. The molecule has 0 saturated carbocycles. The molecule has 1 aromatic carbocycles. The fourth-order valence-corrected chi connectivity index (χ4v) is 1.87. The van der Waals surface area contributed by atoms with Crippen molar-refractivity contribution in [2.45, 2.75) is 6.54 Å². The zero-order valence-corrected chi connectivity index (χ0v) is 11.0. The molecule has 2 rings (SSSR count). The van der Waals surface area contributed by atoms with Crippen LogP contribution in [-0.4, -0.2) is 11.1 Å². The molecule has 0 saturated heterocycles. The summed E-state index contributed by atoms with van der Waals surface area (Å²) in [6.07, 6.45) is 1.52. The van der Waals surface area contributed by atoms with Crippen molar-refractivity contribution in [3.05, 3.63) is 51.3 Å². The molecule has 0 aliphatic heterocycles. The molecule has 4 nitrogen and oxygen atoms in total. The molecule has 0 bridgehead atoms. The van der Waals surface area contributed by atoms with Crippen LogP contribution in [-0.2, 0) is 6.54 Å². The van der Waals surface area contributed by atoms with Crippen molar-refractivity contribution in [1.29, 1.82) is 0 Å². The largest absolute Gasteiger partial charge is 0.360 e. The highest BCUT2D eigenvalue weighted by Crippen LogP contribution is 2.21. The molecule has 2 aromatic rings. The standard InChI is InChI=1S/C11H8BrClN2O2/c12-10-2-1-7(13)5-9(10)11(16)14-6-8-3-4-15-17-8/h1-5H,6H2,(H,14,16). The predicted molar refractivity (Wildman–Crippen MR) is 66.8 cm³/mol. The van der Waals surface area contributed by atoms with Crippen LogP contribution in [0.2, 0.25) is 5.02 Å². The van der Waals surface area contributed by atoms with Gasteiger partial charge in [0.15, 0.2) is 5.76 Å². The number of carbonyl (C=O) groups is 1. The Labute approximate surface area is 111 Å². The number of hydrogen-bond acceptors (Lipinski definition) is 3. The lowest BCUT2D eigenvalue weighted by Crippen LogP contribution is -2.22. The Balaban J connectivity index is 2.07. The van der Waals surface area contributed by atoms with Gasteiger partial charge in [-0.15, -0.1) is 0 Å². The summed E-state index contributed by atoms with van der Waals surface area (Å²) in [6, 6.07) is 6.72. The quantitative estimate of drug-likeness (QED) is 0.947. The molecule has 1 amide bonds. The van der Waals surface area contributed by atoms with Crippen molar-refractivity contribution in [2.24, 2.45) is 0 Å². The average molecular weight is 316 g/mol. The zero-order valence-electron chi connectivity index (χ0n) is 8.61. The normalized spacial score (nSPS) is 10.2. The van der Waals surface area contributed by atoms with Crippen molar-refractivity contribution in [3.63, 3.8) is 0 Å². The minimum Gasteiger partial charge on any atom is -0.360 e. The number of nitrogens with zero attached hydrogens (tertiary/aromatic N) is 1. The number of carbonyl (C=O) groups excluding carboxylic acids is 1. The van der Waals surface area contributed by atoms with E-state index in [1.165, 1.54) is 6.20 Å². The summed E-state index contributed by atoms with van der Waals surface area (Å²) < 4.78 is 5.56. The summed E-state index contributed by atoms with van der Waals surface area (Å²) in [7, 11) is 0. The van der Waals surface area contributed by atoms with Crippen molar-refractivity contribution >= 4 is 33.4 Å². The summed E-state index contributed by atoms with van der Waals surface area (Å²) in [6.45, 7) is 0.289. The lowest BCUT2D eigenvalue weighted by Gasteiger charge is -2.05. The number of nitrogens with one attached hydrogen (secondary N) is 1. The van der Waals surface area contributed by atoms with Crippen molar-refractivity contribution in [1.82, 2.24) is 10.5 Å². The number of amides is 1. The van der Waals surface area contributed by atoms with Crippen LogP contribution in [0.25, 0.3) is 0 Å². The van der Waals surface area contributed by atoms with Gasteiger partial charge < -0.3 is 9.84 Å². The average Bonchev–Trinajstić information content (AvgIpc) is 2.82. The van der Waals surface area contributed by atoms with E-state index in [-0.39, 0.29) is 12.5 Å². The molecule has 0 unspecified atom stereocenters. The van der Waals surface area contributed by atoms with Crippen LogP contribution in [0.4, 0.5) is 0 Å². The fourth-order valence-electron chi connectivity index (χ4n) is 1.27. The molecule has 0 aliphatic rings. The maximum Gasteiger partial charge on any atom is 0.252 e. The van der Waals surface area contributed by atoms with Crippen molar-refractivity contribution in [3.8, 4) is 0 Å². The molecule has 1 aromatic heterocycles. The van der Waals surface area contributed by atoms with Crippen LogP contribution in [0.15, 0.2) is 39.5 Å². The van der Waals surface area contributed by atoms with E-state index in [9.17, 15) is 4.79 Å². The molecule has 0 atom stereocenters. The summed E-state index contributed by atoms with van der Waals surface area (Å²) in [4.78, 5) is 11.9. The molecule has 0 aliphatic carbocycles. The number of rotatable bonds is 3. The van der Waals surface area contributed by atoms with Crippen LogP contribution in [0.1, 0.15) is 16.1 Å². The third-order valence-electron chi connectivity index (χ3n) is 2.09. The Morgan fingerprint density at radius 2 is 2.29 bits per heavy atom. The van der Waals surface area contributed by atoms with E-state index < -0.39 is 0 Å². The topological polar surface area (TPSA) is 55.1 Å². The van der Waals surface area contributed by atoms with E-state index in [1.807, 2.05) is 0 Å². The van der Waals surface area contributed by atoms with Gasteiger partial charge in [-0.25, -0.2) is 0 Å². The van der Waals surface area contributed by atoms with Gasteiger partial charge in [0.05, 0.1) is 18.3 Å². The summed E-state index contributed by atoms with van der Waals surface area (Å²) in [5.74, 6) is 0.368. The van der Waals surface area contributed by atoms with Crippen LogP contribution in [0.5, 0.6) is 0 Å². The SMILES string of the molecule is O=C(NCc1ccno1)c1cc(Cl)ccc1Br. The van der Waals surface area contributed by atoms with Gasteiger partial charge in [0.25, 0.3) is 5.91 Å². The van der Waals surface area contributed by atoms with Crippen LogP contribution in [0.3, 0.4) is 0 Å². The van der Waals surface area contributed by atoms with Gasteiger partial charge in [-0.3, -0.25) is 4.79 Å². The molecule has 6 heteroatoms. The number of benzene rings is 1. The Bertz CT molecular complexity index is 528. The molecule has 88 valence electrons. The summed E-state index contributed by atoms with van der Waals surface area (Å²) in [5.41, 5.74) is 0.483. The van der Waals surface area contributed by atoms with Gasteiger partial charge in [-0.2, -0.15) is 0 Å². The van der Waals surface area contributed by atoms with Crippen molar-refractivity contribution < 1.29 is 9.32 Å². The Morgan fingerprint density at radius 1 is 1.47 bits per heavy atom. The van der Waals surface area contributed by atoms with Crippen LogP contribution in [0, 0.1) is 0 Å². The molecule has 17 heavy (non-hydrogen) atoms. The Kier molecular flexibility index (Phi) is 3.81. The first-order chi connectivity index (χ1) is 8.16. The molecule has 1 heterocycles. The maximum atomic E-state index is 11.9. The first-order valence-electron chi connectivity index (χ1n) is 4.79. The van der Waals surface area contributed by atoms with Crippen LogP contribution >= 0.6 is 27.5 Å². The maximum absolute atomic E-state index is 11.9. The van der Waals surface area contributed by atoms with Gasteiger partial charge in [0.2, 0.25) is 0 Å². The van der Waals surface area contributed by atoms with E-state index in [0.29, 0.717) is 20.8 Å². The summed E-state index contributed by atoms with van der Waals surface area (Å²) >= 11 is 9.13. The Morgan fingerprint density at radius 3 is 3.00 bits per heavy atom. The third kappa shape index (κ3) is 3.08. The fraction of sp³-hybridized carbons (Fsp3) is 0.0909. The first kappa shape index (κ1) is 12.1. The second-order valence-corrected chi connectivity index (χ2v) is 4.58. The zero-order chi connectivity index (χ0) is 12.3. The van der Waals surface area contributed by atoms with Gasteiger partial charge in [0, 0.05) is 15.6 Å². The van der Waals surface area contributed by atoms with E-state index >= 15 is 0 Å². The minimum absolute atomic E-state index is 0.226. The molecule has 0 fully saturated rings. The molecule has 1 N–H and O–H groups in total. The molecular formula is C11H8BrClN2O2. The number of hydrogen-bond donors (Lipinski definition) is 1. The van der Waals surface area contributed by atoms with Gasteiger partial charge in [0.1, 0.15) is 0 Å². The highest BCUT2D eigenvalue weighted by atomic mass is 79.9. The van der Waals surface area contributed by atoms with Crippen molar-refractivity contribution in [2.75, 3.05) is 0 Å². The molecular weight excluding hydrogens is 307 g/mol. The second kappa shape index (κ2) is 5.33. The Hall–Kier alpha value is -1.33. The smallest absolute Gasteiger partial charge is 0.252 e. The summed E-state index contributed by atoms with van der Waals surface area (Å²) in [5, 5.41) is 6.77. The van der Waals surface area contributed by atoms with E-state index in [0.717, 1.165) is 0 Å². The van der Waals surface area contributed by atoms with E-state index in [4.69, 9.17) is 16.1 Å². The van der Waals surface area contributed by atoms with Gasteiger partial charge >= 0.3 is 0 Å². The predicted octanol–water partition coefficient (Wildman–Crippen LogP) is 3.02. The van der Waals surface area contributed by atoms with Crippen LogP contribution < -0.4 is 5.32 Å². The van der Waals surface area contributed by atoms with Gasteiger partial charge in [-0.1, -0.05) is 16.8 Å². The molecule has 0 radical (unpaired) electrons. The highest BCUT2D eigenvalue weighted by molar-refractivity contribution is 9.10. The lowest BCUT2D eigenvalue weighted by molar-refractivity contribution is 0.0946. The second-order valence-electron chi connectivity index (χ2n) is 3.29. The van der Waals surface area contributed by atoms with E-state index in [1.54, 1.807) is 24.3 Å². The van der Waals surface area contributed by atoms with E-state index in [2.05, 4.69) is 26.4 Å². The monoisotopic (exact) mass is 314 g/mol. The third-order valence-corrected chi connectivity index (χ3v) is 3.01. The van der Waals surface area contributed by atoms with Gasteiger partial charge in [-0.05, 0) is 34.1 Å². The number of halogens is 2. The highest BCUT2D eigenvalue weighted by Gasteiger charge is 2.10. The number of aromatic nitrogens is 1. The first-order valence-corrected chi connectivity index (χ1v) is 5.97. The lowest BCUT2D eigenvalue weighted by atomic mass is 10.2. The molecule has 0 spiro atoms.